The molecule has 3 aromatic rings. The van der Waals surface area contributed by atoms with Crippen molar-refractivity contribution in [2.45, 2.75) is 26.8 Å². The van der Waals surface area contributed by atoms with Gasteiger partial charge in [-0.1, -0.05) is 49.3 Å². The van der Waals surface area contributed by atoms with Crippen LogP contribution in [0, 0.1) is 11.7 Å². The van der Waals surface area contributed by atoms with E-state index in [0.29, 0.717) is 23.8 Å². The van der Waals surface area contributed by atoms with Gasteiger partial charge in [0.2, 0.25) is 5.82 Å². The molecule has 0 radical (unpaired) electrons. The Morgan fingerprint density at radius 1 is 1.13 bits per heavy atom. The summed E-state index contributed by atoms with van der Waals surface area (Å²) in [6.45, 7) is 6.58. The van der Waals surface area contributed by atoms with Gasteiger partial charge in [-0.3, -0.25) is 4.90 Å². The van der Waals surface area contributed by atoms with Gasteiger partial charge in [0, 0.05) is 17.8 Å². The third-order valence-electron chi connectivity index (χ3n) is 5.04. The summed E-state index contributed by atoms with van der Waals surface area (Å²) in [5.74, 6) is 0.654. The molecule has 1 aliphatic rings. The highest BCUT2D eigenvalue weighted by Gasteiger charge is 2.35. The summed E-state index contributed by atoms with van der Waals surface area (Å²) in [4.78, 5) is 19.1. The second-order valence-electron chi connectivity index (χ2n) is 7.73. The summed E-state index contributed by atoms with van der Waals surface area (Å²) in [5.41, 5.74) is 3.10. The van der Waals surface area contributed by atoms with Gasteiger partial charge in [-0.2, -0.15) is 4.98 Å². The van der Waals surface area contributed by atoms with Crippen LogP contribution in [0.15, 0.2) is 64.8 Å². The van der Waals surface area contributed by atoms with E-state index in [1.807, 2.05) is 37.3 Å². The van der Waals surface area contributed by atoms with E-state index in [-0.39, 0.29) is 17.8 Å². The lowest BCUT2D eigenvalue weighted by Gasteiger charge is -2.36. The predicted octanol–water partition coefficient (Wildman–Crippen LogP) is 5.03. The largest absolute Gasteiger partial charge is 0.334 e. The number of carbonyl (C=O) groups is 1. The third kappa shape index (κ3) is 3.83. The highest BCUT2D eigenvalue weighted by molar-refractivity contribution is 5.86. The highest BCUT2D eigenvalue weighted by Crippen LogP contribution is 2.37. The van der Waals surface area contributed by atoms with Crippen molar-refractivity contribution >= 4 is 11.6 Å². The van der Waals surface area contributed by atoms with Crippen molar-refractivity contribution in [2.75, 3.05) is 6.54 Å². The van der Waals surface area contributed by atoms with E-state index < -0.39 is 6.04 Å². The normalized spacial score (nSPS) is 16.9. The quantitative estimate of drug-likeness (QED) is 0.645. The Labute approximate surface area is 174 Å². The highest BCUT2D eigenvalue weighted by atomic mass is 19.1. The van der Waals surface area contributed by atoms with Crippen molar-refractivity contribution in [3.05, 3.63) is 77.6 Å². The third-order valence-corrected chi connectivity index (χ3v) is 5.04. The van der Waals surface area contributed by atoms with Crippen molar-refractivity contribution < 1.29 is 13.7 Å². The molecule has 0 spiro atoms. The van der Waals surface area contributed by atoms with Gasteiger partial charge in [0.1, 0.15) is 5.82 Å². The molecular formula is C23H23FN4O2. The molecule has 1 aliphatic heterocycles. The molecule has 2 aromatic carbocycles. The summed E-state index contributed by atoms with van der Waals surface area (Å²) in [5, 5.41) is 7.16. The molecule has 6 nitrogen and oxygen atoms in total. The molecule has 7 heteroatoms. The van der Waals surface area contributed by atoms with Crippen LogP contribution >= 0.6 is 0 Å². The van der Waals surface area contributed by atoms with Crippen LogP contribution in [0.2, 0.25) is 0 Å². The van der Waals surface area contributed by atoms with E-state index in [2.05, 4.69) is 29.3 Å². The summed E-state index contributed by atoms with van der Waals surface area (Å²) in [6, 6.07) is 15.0. The second kappa shape index (κ2) is 8.10. The van der Waals surface area contributed by atoms with Crippen LogP contribution in [0.25, 0.3) is 17.0 Å². The van der Waals surface area contributed by atoms with E-state index in [4.69, 9.17) is 4.52 Å². The number of allylic oxidation sites excluding steroid dienone is 1. The molecule has 4 rings (SSSR count). The van der Waals surface area contributed by atoms with Crippen LogP contribution in [-0.4, -0.2) is 27.6 Å². The number of nitrogens with one attached hydrogen (secondary N) is 1. The van der Waals surface area contributed by atoms with Gasteiger partial charge in [0.15, 0.2) is 0 Å². The fourth-order valence-corrected chi connectivity index (χ4v) is 3.59. The molecule has 2 heterocycles. The van der Waals surface area contributed by atoms with Gasteiger partial charge in [0.05, 0.1) is 11.6 Å². The molecule has 0 bridgehead atoms. The summed E-state index contributed by atoms with van der Waals surface area (Å²) in [7, 11) is 0. The van der Waals surface area contributed by atoms with Gasteiger partial charge < -0.3 is 9.84 Å². The molecular weight excluding hydrogens is 383 g/mol. The molecule has 0 saturated carbocycles. The topological polar surface area (TPSA) is 71.3 Å². The maximum absolute atomic E-state index is 13.3. The zero-order chi connectivity index (χ0) is 21.3. The summed E-state index contributed by atoms with van der Waals surface area (Å²) < 4.78 is 18.9. The monoisotopic (exact) mass is 406 g/mol. The fourth-order valence-electron chi connectivity index (χ4n) is 3.59. The Morgan fingerprint density at radius 2 is 1.83 bits per heavy atom. The SMILES string of the molecule is CC1=C(c2nc(-c3ccc(F)cc3)no2)C(c2ccccc2)NC(=O)N1CC(C)C. The number of hydrogen-bond acceptors (Lipinski definition) is 4. The Bertz CT molecular complexity index is 1070. The van der Waals surface area contributed by atoms with E-state index in [1.165, 1.54) is 12.1 Å². The number of urea groups is 1. The van der Waals surface area contributed by atoms with Crippen LogP contribution in [-0.2, 0) is 0 Å². The maximum atomic E-state index is 13.3. The van der Waals surface area contributed by atoms with Gasteiger partial charge in [-0.05, 0) is 42.7 Å². The Kier molecular flexibility index (Phi) is 5.35. The molecule has 0 saturated heterocycles. The number of halogens is 1. The first-order valence-corrected chi connectivity index (χ1v) is 9.88. The first kappa shape index (κ1) is 19.8. The fraction of sp³-hybridized carbons (Fsp3) is 0.261. The number of benzene rings is 2. The van der Waals surface area contributed by atoms with Crippen molar-refractivity contribution in [1.82, 2.24) is 20.4 Å². The molecule has 1 atom stereocenters. The lowest BCUT2D eigenvalue weighted by atomic mass is 9.94. The van der Waals surface area contributed by atoms with Crippen LogP contribution in [0.5, 0.6) is 0 Å². The minimum absolute atomic E-state index is 0.155. The lowest BCUT2D eigenvalue weighted by Crippen LogP contribution is -2.47. The summed E-state index contributed by atoms with van der Waals surface area (Å²) in [6.07, 6.45) is 0. The molecule has 1 N–H and O–H groups in total. The molecule has 1 aromatic heterocycles. The number of carbonyl (C=O) groups excluding carboxylic acids is 1. The summed E-state index contributed by atoms with van der Waals surface area (Å²) >= 11 is 0. The van der Waals surface area contributed by atoms with E-state index in [9.17, 15) is 9.18 Å². The van der Waals surface area contributed by atoms with E-state index >= 15 is 0 Å². The van der Waals surface area contributed by atoms with Crippen LogP contribution in [0.4, 0.5) is 9.18 Å². The van der Waals surface area contributed by atoms with E-state index in [0.717, 1.165) is 16.8 Å². The van der Waals surface area contributed by atoms with Gasteiger partial charge in [-0.25, -0.2) is 9.18 Å². The molecule has 1 unspecified atom stereocenters. The zero-order valence-electron chi connectivity index (χ0n) is 17.1. The number of amides is 2. The first-order chi connectivity index (χ1) is 14.4. The van der Waals surface area contributed by atoms with E-state index in [1.54, 1.807) is 17.0 Å². The average molecular weight is 406 g/mol. The molecule has 30 heavy (non-hydrogen) atoms. The standard InChI is InChI=1S/C23H23FN4O2/c1-14(2)13-28-15(3)19(20(25-23(28)29)16-7-5-4-6-8-16)22-26-21(27-30-22)17-9-11-18(24)12-10-17/h4-12,14,20H,13H2,1-3H3,(H,25,29). The Hall–Kier alpha value is -3.48. The smallest absolute Gasteiger partial charge is 0.322 e. The first-order valence-electron chi connectivity index (χ1n) is 9.88. The number of rotatable bonds is 5. The van der Waals surface area contributed by atoms with Gasteiger partial charge in [0.25, 0.3) is 5.89 Å². The minimum Gasteiger partial charge on any atom is -0.334 e. The zero-order valence-corrected chi connectivity index (χ0v) is 17.1. The number of aromatic nitrogens is 2. The van der Waals surface area contributed by atoms with Crippen LogP contribution in [0.3, 0.4) is 0 Å². The predicted molar refractivity (Wildman–Crippen MR) is 112 cm³/mol. The lowest BCUT2D eigenvalue weighted by molar-refractivity contribution is 0.199. The van der Waals surface area contributed by atoms with Crippen molar-refractivity contribution in [3.8, 4) is 11.4 Å². The van der Waals surface area contributed by atoms with Crippen molar-refractivity contribution in [3.63, 3.8) is 0 Å². The second-order valence-corrected chi connectivity index (χ2v) is 7.73. The van der Waals surface area contributed by atoms with Crippen molar-refractivity contribution in [2.24, 2.45) is 5.92 Å². The number of hydrogen-bond donors (Lipinski definition) is 1. The van der Waals surface area contributed by atoms with Gasteiger partial charge in [-0.15, -0.1) is 0 Å². The van der Waals surface area contributed by atoms with Crippen molar-refractivity contribution in [1.29, 1.82) is 0 Å². The molecule has 154 valence electrons. The van der Waals surface area contributed by atoms with Crippen LogP contribution < -0.4 is 5.32 Å². The molecule has 2 amide bonds. The molecule has 0 fully saturated rings. The molecule has 0 aliphatic carbocycles. The Morgan fingerprint density at radius 3 is 2.50 bits per heavy atom. The Balaban J connectivity index is 1.80. The van der Waals surface area contributed by atoms with Gasteiger partial charge >= 0.3 is 6.03 Å². The number of nitrogens with zero attached hydrogens (tertiary/aromatic N) is 3. The maximum Gasteiger partial charge on any atom is 0.322 e. The minimum atomic E-state index is -0.413. The average Bonchev–Trinajstić information content (AvgIpc) is 3.21. The van der Waals surface area contributed by atoms with Crippen LogP contribution in [0.1, 0.15) is 38.3 Å².